The average Bonchev–Trinajstić information content (AvgIpc) is 2.83. The third kappa shape index (κ3) is 4.66. The summed E-state index contributed by atoms with van der Waals surface area (Å²) < 4.78 is 11.4. The number of rotatable bonds is 6. The van der Waals surface area contributed by atoms with Crippen LogP contribution in [0, 0.1) is 0 Å². The molecule has 0 bridgehead atoms. The molecule has 4 rings (SSSR count). The molecule has 1 aliphatic heterocycles. The van der Waals surface area contributed by atoms with Crippen molar-refractivity contribution in [2.75, 3.05) is 25.1 Å². The van der Waals surface area contributed by atoms with Crippen LogP contribution in [0.25, 0.3) is 0 Å². The lowest BCUT2D eigenvalue weighted by molar-refractivity contribution is 0.0749. The number of carbonyl (C=O) groups is 2. The highest BCUT2D eigenvalue weighted by molar-refractivity contribution is 6.04. The number of hydrogen-bond donors (Lipinski definition) is 1. The van der Waals surface area contributed by atoms with Gasteiger partial charge in [-0.05, 0) is 43.3 Å². The molecule has 0 unspecified atom stereocenters. The van der Waals surface area contributed by atoms with E-state index in [1.54, 1.807) is 47.5 Å². The molecular weight excluding hydrogens is 394 g/mol. The highest BCUT2D eigenvalue weighted by Crippen LogP contribution is 2.34. The lowest BCUT2D eigenvalue weighted by Crippen LogP contribution is -2.31. The minimum absolute atomic E-state index is 0.130. The summed E-state index contributed by atoms with van der Waals surface area (Å²) in [5.41, 5.74) is 2.39. The Hall–Kier alpha value is -3.87. The molecule has 7 heteroatoms. The predicted molar refractivity (Wildman–Crippen MR) is 116 cm³/mol. The van der Waals surface area contributed by atoms with Crippen molar-refractivity contribution in [1.29, 1.82) is 0 Å². The zero-order valence-corrected chi connectivity index (χ0v) is 17.2. The lowest BCUT2D eigenvalue weighted by Gasteiger charge is -2.25. The summed E-state index contributed by atoms with van der Waals surface area (Å²) in [4.78, 5) is 31.3. The first-order chi connectivity index (χ1) is 15.2. The number of aromatic nitrogens is 1. The van der Waals surface area contributed by atoms with Gasteiger partial charge in [0.25, 0.3) is 11.8 Å². The van der Waals surface area contributed by atoms with Crippen molar-refractivity contribution in [3.8, 4) is 11.5 Å². The third-order valence-corrected chi connectivity index (χ3v) is 4.97. The van der Waals surface area contributed by atoms with Crippen LogP contribution in [0.5, 0.6) is 11.5 Å². The van der Waals surface area contributed by atoms with Crippen molar-refractivity contribution >= 4 is 17.5 Å². The van der Waals surface area contributed by atoms with Gasteiger partial charge in [0.1, 0.15) is 13.2 Å². The summed E-state index contributed by atoms with van der Waals surface area (Å²) in [6.07, 6.45) is 3.10. The largest absolute Gasteiger partial charge is 0.486 e. The first kappa shape index (κ1) is 20.4. The van der Waals surface area contributed by atoms with Crippen molar-refractivity contribution in [2.45, 2.75) is 13.5 Å². The first-order valence-electron chi connectivity index (χ1n) is 10.1. The van der Waals surface area contributed by atoms with Crippen LogP contribution in [0.4, 0.5) is 5.69 Å². The predicted octanol–water partition coefficient (Wildman–Crippen LogP) is 3.77. The van der Waals surface area contributed by atoms with E-state index in [2.05, 4.69) is 10.3 Å². The van der Waals surface area contributed by atoms with Crippen molar-refractivity contribution in [1.82, 2.24) is 9.88 Å². The number of amides is 2. The number of ether oxygens (including phenoxy) is 2. The molecule has 0 atom stereocenters. The summed E-state index contributed by atoms with van der Waals surface area (Å²) in [7, 11) is 0. The molecule has 1 aromatic heterocycles. The fourth-order valence-corrected chi connectivity index (χ4v) is 3.40. The fraction of sp³-hybridized carbons (Fsp3) is 0.208. The van der Waals surface area contributed by atoms with E-state index >= 15 is 0 Å². The number of nitrogens with zero attached hydrogens (tertiary/aromatic N) is 2. The maximum atomic E-state index is 13.2. The summed E-state index contributed by atoms with van der Waals surface area (Å²) in [6.45, 7) is 3.86. The summed E-state index contributed by atoms with van der Waals surface area (Å²) >= 11 is 0. The average molecular weight is 417 g/mol. The van der Waals surface area contributed by atoms with Crippen molar-refractivity contribution in [3.63, 3.8) is 0 Å². The molecule has 31 heavy (non-hydrogen) atoms. The molecule has 0 fully saturated rings. The minimum Gasteiger partial charge on any atom is -0.486 e. The Bertz CT molecular complexity index is 1090. The molecule has 3 aromatic rings. The molecule has 1 N–H and O–H groups in total. The lowest BCUT2D eigenvalue weighted by atomic mass is 10.1. The fourth-order valence-electron chi connectivity index (χ4n) is 3.40. The van der Waals surface area contributed by atoms with E-state index in [0.29, 0.717) is 54.6 Å². The smallest absolute Gasteiger partial charge is 0.257 e. The van der Waals surface area contributed by atoms with Gasteiger partial charge in [0.15, 0.2) is 11.5 Å². The Labute approximate surface area is 180 Å². The molecule has 1 aliphatic rings. The number of benzene rings is 2. The van der Waals surface area contributed by atoms with Gasteiger partial charge in [-0.15, -0.1) is 0 Å². The van der Waals surface area contributed by atoms with Crippen LogP contribution in [0.2, 0.25) is 0 Å². The van der Waals surface area contributed by atoms with Crippen LogP contribution >= 0.6 is 0 Å². The highest BCUT2D eigenvalue weighted by Gasteiger charge is 2.21. The van der Waals surface area contributed by atoms with Crippen LogP contribution in [-0.2, 0) is 6.54 Å². The number of nitrogens with one attached hydrogen (secondary N) is 1. The number of pyridine rings is 1. The topological polar surface area (TPSA) is 80.8 Å². The van der Waals surface area contributed by atoms with Gasteiger partial charge in [0.2, 0.25) is 0 Å². The van der Waals surface area contributed by atoms with Gasteiger partial charge in [-0.1, -0.05) is 18.2 Å². The molecule has 158 valence electrons. The number of hydrogen-bond acceptors (Lipinski definition) is 5. The van der Waals surface area contributed by atoms with Crippen LogP contribution in [-0.4, -0.2) is 41.5 Å². The van der Waals surface area contributed by atoms with Gasteiger partial charge < -0.3 is 19.7 Å². The van der Waals surface area contributed by atoms with Crippen molar-refractivity contribution in [3.05, 3.63) is 83.7 Å². The Morgan fingerprint density at radius 2 is 1.84 bits per heavy atom. The first-order valence-corrected chi connectivity index (χ1v) is 10.1. The van der Waals surface area contributed by atoms with E-state index in [0.717, 1.165) is 5.56 Å². The summed E-state index contributed by atoms with van der Waals surface area (Å²) in [6, 6.07) is 16.0. The molecule has 0 saturated carbocycles. The van der Waals surface area contributed by atoms with E-state index in [9.17, 15) is 9.59 Å². The standard InChI is InChI=1S/C24H23N3O4/c1-2-27(16-19-7-4-10-21-22(19)31-13-12-30-21)24(29)17-6-3-9-20(14-17)26-23(28)18-8-5-11-25-15-18/h3-11,14-15H,2,12-13,16H2,1H3,(H,26,28). The number of anilines is 1. The third-order valence-electron chi connectivity index (χ3n) is 4.97. The highest BCUT2D eigenvalue weighted by atomic mass is 16.6. The van der Waals surface area contributed by atoms with Crippen LogP contribution < -0.4 is 14.8 Å². The molecule has 0 aliphatic carbocycles. The van der Waals surface area contributed by atoms with E-state index in [1.807, 2.05) is 25.1 Å². The molecule has 2 heterocycles. The van der Waals surface area contributed by atoms with Gasteiger partial charge in [0.05, 0.1) is 5.56 Å². The number of carbonyl (C=O) groups excluding carboxylic acids is 2. The Balaban J connectivity index is 1.50. The van der Waals surface area contributed by atoms with Crippen LogP contribution in [0.1, 0.15) is 33.2 Å². The summed E-state index contributed by atoms with van der Waals surface area (Å²) in [5.74, 6) is 0.984. The van der Waals surface area contributed by atoms with Crippen molar-refractivity contribution in [2.24, 2.45) is 0 Å². The van der Waals surface area contributed by atoms with Gasteiger partial charge in [-0.25, -0.2) is 0 Å². The molecule has 2 aromatic carbocycles. The Morgan fingerprint density at radius 1 is 1.03 bits per heavy atom. The second-order valence-electron chi connectivity index (χ2n) is 7.04. The minimum atomic E-state index is -0.280. The number of para-hydroxylation sites is 1. The van der Waals surface area contributed by atoms with E-state index in [1.165, 1.54) is 6.20 Å². The molecule has 7 nitrogen and oxygen atoms in total. The Morgan fingerprint density at radius 3 is 2.65 bits per heavy atom. The second kappa shape index (κ2) is 9.30. The van der Waals surface area contributed by atoms with Gasteiger partial charge >= 0.3 is 0 Å². The maximum Gasteiger partial charge on any atom is 0.257 e. The van der Waals surface area contributed by atoms with E-state index in [4.69, 9.17) is 9.47 Å². The maximum absolute atomic E-state index is 13.2. The van der Waals surface area contributed by atoms with Crippen LogP contribution in [0.3, 0.4) is 0 Å². The van der Waals surface area contributed by atoms with Crippen LogP contribution in [0.15, 0.2) is 67.0 Å². The van der Waals surface area contributed by atoms with Gasteiger partial charge in [0, 0.05) is 42.3 Å². The van der Waals surface area contributed by atoms with Gasteiger partial charge in [-0.2, -0.15) is 0 Å². The molecule has 0 spiro atoms. The molecule has 2 amide bonds. The van der Waals surface area contributed by atoms with E-state index in [-0.39, 0.29) is 11.8 Å². The van der Waals surface area contributed by atoms with Gasteiger partial charge in [-0.3, -0.25) is 14.6 Å². The molecule has 0 saturated heterocycles. The quantitative estimate of drug-likeness (QED) is 0.660. The second-order valence-corrected chi connectivity index (χ2v) is 7.04. The van der Waals surface area contributed by atoms with Crippen molar-refractivity contribution < 1.29 is 19.1 Å². The monoisotopic (exact) mass is 417 g/mol. The number of fused-ring (bicyclic) bond motifs is 1. The summed E-state index contributed by atoms with van der Waals surface area (Å²) in [5, 5.41) is 2.81. The van der Waals surface area contributed by atoms with E-state index < -0.39 is 0 Å². The molecular formula is C24H23N3O4. The SMILES string of the molecule is CCN(Cc1cccc2c1OCCO2)C(=O)c1cccc(NC(=O)c2cccnc2)c1. The zero-order chi connectivity index (χ0) is 21.6. The zero-order valence-electron chi connectivity index (χ0n) is 17.2. The molecule has 0 radical (unpaired) electrons. The normalized spacial score (nSPS) is 12.2. The Kier molecular flexibility index (Phi) is 6.12.